The summed E-state index contributed by atoms with van der Waals surface area (Å²) >= 11 is 0. The average Bonchev–Trinajstić information content (AvgIpc) is 3.22. The lowest BCUT2D eigenvalue weighted by atomic mass is 9.99. The molecule has 3 heterocycles. The van der Waals surface area contributed by atoms with E-state index in [2.05, 4.69) is 31.6 Å². The Morgan fingerprint density at radius 1 is 1.04 bits per heavy atom. The van der Waals surface area contributed by atoms with Gasteiger partial charge < -0.3 is 5.32 Å². The number of benzene rings is 1. The third kappa shape index (κ3) is 3.74. The van der Waals surface area contributed by atoms with Crippen molar-refractivity contribution in [3.8, 4) is 28.6 Å². The topological polar surface area (TPSA) is 90.3 Å². The van der Waals surface area contributed by atoms with Crippen molar-refractivity contribution in [2.45, 2.75) is 13.5 Å². The number of hydrogen-bond donors (Lipinski definition) is 2. The molecule has 3 aromatic heterocycles. The number of nitriles is 1. The minimum atomic E-state index is 0.548. The number of rotatable bonds is 5. The molecule has 0 atom stereocenters. The lowest BCUT2D eigenvalue weighted by Crippen LogP contribution is -2.01. The molecular formula is C22H18N6. The molecular weight excluding hydrogens is 348 g/mol. The average molecular weight is 366 g/mol. The Hall–Kier alpha value is -3.98. The smallest absolute Gasteiger partial charge is 0.126 e. The number of anilines is 1. The van der Waals surface area contributed by atoms with Gasteiger partial charge in [0.25, 0.3) is 0 Å². The predicted molar refractivity (Wildman–Crippen MR) is 108 cm³/mol. The van der Waals surface area contributed by atoms with Gasteiger partial charge in [0.05, 0.1) is 35.3 Å². The van der Waals surface area contributed by atoms with Gasteiger partial charge in [-0.05, 0) is 66.1 Å². The molecule has 0 spiro atoms. The van der Waals surface area contributed by atoms with Crippen LogP contribution in [0.5, 0.6) is 0 Å². The molecule has 0 fully saturated rings. The summed E-state index contributed by atoms with van der Waals surface area (Å²) in [5, 5.41) is 19.7. The number of H-pyrrole nitrogens is 1. The summed E-state index contributed by atoms with van der Waals surface area (Å²) in [7, 11) is 0. The van der Waals surface area contributed by atoms with Crippen molar-refractivity contribution in [2.75, 3.05) is 5.32 Å². The van der Waals surface area contributed by atoms with E-state index in [4.69, 9.17) is 5.26 Å². The van der Waals surface area contributed by atoms with Gasteiger partial charge in [-0.15, -0.1) is 0 Å². The summed E-state index contributed by atoms with van der Waals surface area (Å²) in [4.78, 5) is 8.72. The Bertz CT molecular complexity index is 1140. The third-order valence-corrected chi connectivity index (χ3v) is 4.45. The fourth-order valence-electron chi connectivity index (χ4n) is 3.04. The van der Waals surface area contributed by atoms with E-state index in [1.54, 1.807) is 12.4 Å². The minimum Gasteiger partial charge on any atom is -0.364 e. The second-order valence-electron chi connectivity index (χ2n) is 6.41. The van der Waals surface area contributed by atoms with Gasteiger partial charge >= 0.3 is 0 Å². The molecule has 0 aliphatic heterocycles. The van der Waals surface area contributed by atoms with Gasteiger partial charge in [0.15, 0.2) is 0 Å². The second kappa shape index (κ2) is 7.72. The molecule has 0 bridgehead atoms. The number of aryl methyl sites for hydroxylation is 1. The maximum Gasteiger partial charge on any atom is 0.126 e. The Morgan fingerprint density at radius 3 is 2.75 bits per heavy atom. The Kier molecular flexibility index (Phi) is 4.81. The highest BCUT2D eigenvalue weighted by Crippen LogP contribution is 2.25. The van der Waals surface area contributed by atoms with Gasteiger partial charge in [-0.2, -0.15) is 10.4 Å². The molecule has 0 amide bonds. The molecule has 4 rings (SSSR count). The highest BCUT2D eigenvalue weighted by atomic mass is 15.1. The van der Waals surface area contributed by atoms with Gasteiger partial charge in [0.1, 0.15) is 5.82 Å². The molecule has 2 N–H and O–H groups in total. The monoisotopic (exact) mass is 366 g/mol. The van der Waals surface area contributed by atoms with Crippen LogP contribution in [0, 0.1) is 18.3 Å². The Labute approximate surface area is 162 Å². The molecule has 0 aliphatic carbocycles. The van der Waals surface area contributed by atoms with E-state index < -0.39 is 0 Å². The van der Waals surface area contributed by atoms with E-state index in [1.165, 1.54) is 0 Å². The summed E-state index contributed by atoms with van der Waals surface area (Å²) in [6.07, 6.45) is 3.54. The van der Waals surface area contributed by atoms with Crippen LogP contribution in [0.1, 0.15) is 16.8 Å². The summed E-state index contributed by atoms with van der Waals surface area (Å²) in [6, 6.07) is 19.6. The van der Waals surface area contributed by atoms with Crippen LogP contribution in [0.3, 0.4) is 0 Å². The van der Waals surface area contributed by atoms with Gasteiger partial charge in [-0.25, -0.2) is 4.98 Å². The van der Waals surface area contributed by atoms with Gasteiger partial charge in [0.2, 0.25) is 0 Å². The normalized spacial score (nSPS) is 10.4. The first-order valence-electron chi connectivity index (χ1n) is 8.89. The first-order chi connectivity index (χ1) is 13.7. The fraction of sp³-hybridized carbons (Fsp3) is 0.0909. The fourth-order valence-corrected chi connectivity index (χ4v) is 3.04. The van der Waals surface area contributed by atoms with E-state index >= 15 is 0 Å². The molecule has 0 radical (unpaired) electrons. The summed E-state index contributed by atoms with van der Waals surface area (Å²) in [5.41, 5.74) is 6.48. The number of pyridine rings is 2. The van der Waals surface area contributed by atoms with E-state index in [0.29, 0.717) is 12.1 Å². The van der Waals surface area contributed by atoms with Crippen molar-refractivity contribution in [3.63, 3.8) is 0 Å². The van der Waals surface area contributed by atoms with Crippen LogP contribution >= 0.6 is 0 Å². The van der Waals surface area contributed by atoms with E-state index in [1.807, 2.05) is 61.5 Å². The van der Waals surface area contributed by atoms with E-state index in [0.717, 1.165) is 39.6 Å². The number of hydrogen-bond acceptors (Lipinski definition) is 5. The van der Waals surface area contributed by atoms with Crippen LogP contribution < -0.4 is 5.32 Å². The number of aromatic amines is 1. The highest BCUT2D eigenvalue weighted by molar-refractivity contribution is 5.70. The molecule has 136 valence electrons. The van der Waals surface area contributed by atoms with Crippen molar-refractivity contribution in [1.82, 2.24) is 20.2 Å². The zero-order valence-corrected chi connectivity index (χ0v) is 15.3. The maximum atomic E-state index is 9.04. The van der Waals surface area contributed by atoms with E-state index in [9.17, 15) is 0 Å². The summed E-state index contributed by atoms with van der Waals surface area (Å²) < 4.78 is 0. The Balaban J connectivity index is 1.49. The molecule has 0 aliphatic rings. The SMILES string of the molecule is Cc1cc(C#N)ccc1-c1ccnc(NCc2cc(-c3ccccn3)[nH]n2)c1. The van der Waals surface area contributed by atoms with Crippen LogP contribution in [0.15, 0.2) is 67.0 Å². The number of nitrogens with one attached hydrogen (secondary N) is 2. The quantitative estimate of drug-likeness (QED) is 0.549. The summed E-state index contributed by atoms with van der Waals surface area (Å²) in [6.45, 7) is 2.55. The molecule has 0 saturated carbocycles. The van der Waals surface area contributed by atoms with Crippen LogP contribution in [-0.4, -0.2) is 20.2 Å². The largest absolute Gasteiger partial charge is 0.364 e. The van der Waals surface area contributed by atoms with Gasteiger partial charge in [0, 0.05) is 12.4 Å². The molecule has 1 aromatic carbocycles. The van der Waals surface area contributed by atoms with Gasteiger partial charge in [-0.3, -0.25) is 10.1 Å². The van der Waals surface area contributed by atoms with Crippen molar-refractivity contribution < 1.29 is 0 Å². The molecule has 6 heteroatoms. The standard InChI is InChI=1S/C22H18N6/c1-15-10-16(13-23)5-6-19(15)17-7-9-25-22(11-17)26-14-18-12-21(28-27-18)20-4-2-3-8-24-20/h2-12H,14H2,1H3,(H,25,26)(H,27,28). The lowest BCUT2D eigenvalue weighted by molar-refractivity contribution is 0.975. The zero-order valence-electron chi connectivity index (χ0n) is 15.3. The second-order valence-corrected chi connectivity index (χ2v) is 6.41. The molecule has 6 nitrogen and oxygen atoms in total. The zero-order chi connectivity index (χ0) is 19.3. The third-order valence-electron chi connectivity index (χ3n) is 4.45. The molecule has 28 heavy (non-hydrogen) atoms. The van der Waals surface area contributed by atoms with Crippen LogP contribution in [-0.2, 0) is 6.54 Å². The van der Waals surface area contributed by atoms with Crippen LogP contribution in [0.4, 0.5) is 5.82 Å². The maximum absolute atomic E-state index is 9.04. The Morgan fingerprint density at radius 2 is 1.96 bits per heavy atom. The first kappa shape index (κ1) is 17.4. The van der Waals surface area contributed by atoms with Crippen LogP contribution in [0.2, 0.25) is 0 Å². The van der Waals surface area contributed by atoms with Crippen molar-refractivity contribution in [3.05, 3.63) is 83.8 Å². The van der Waals surface area contributed by atoms with Gasteiger partial charge in [-0.1, -0.05) is 12.1 Å². The molecule has 0 unspecified atom stereocenters. The highest BCUT2D eigenvalue weighted by Gasteiger charge is 2.07. The first-order valence-corrected chi connectivity index (χ1v) is 8.89. The summed E-state index contributed by atoms with van der Waals surface area (Å²) in [5.74, 6) is 0.767. The predicted octanol–water partition coefficient (Wildman–Crippen LogP) is 4.33. The van der Waals surface area contributed by atoms with Crippen molar-refractivity contribution >= 4 is 5.82 Å². The lowest BCUT2D eigenvalue weighted by Gasteiger charge is -2.09. The minimum absolute atomic E-state index is 0.548. The number of aromatic nitrogens is 4. The molecule has 4 aromatic rings. The molecule has 0 saturated heterocycles. The van der Waals surface area contributed by atoms with Crippen LogP contribution in [0.25, 0.3) is 22.5 Å². The number of nitrogens with zero attached hydrogens (tertiary/aromatic N) is 4. The van der Waals surface area contributed by atoms with E-state index in [-0.39, 0.29) is 0 Å². The van der Waals surface area contributed by atoms with Crippen molar-refractivity contribution in [1.29, 1.82) is 5.26 Å². The van der Waals surface area contributed by atoms with Crippen molar-refractivity contribution in [2.24, 2.45) is 0 Å².